The fourth-order valence-electron chi connectivity index (χ4n) is 6.10. The van der Waals surface area contributed by atoms with E-state index in [1.807, 2.05) is 68.1 Å². The van der Waals surface area contributed by atoms with Gasteiger partial charge in [0, 0.05) is 53.7 Å². The molecule has 270 valence electrons. The van der Waals surface area contributed by atoms with E-state index >= 15 is 0 Å². The van der Waals surface area contributed by atoms with Crippen molar-refractivity contribution in [3.05, 3.63) is 98.0 Å². The number of aliphatic hydroxyl groups excluding tert-OH is 1. The summed E-state index contributed by atoms with van der Waals surface area (Å²) in [6.07, 6.45) is 0. The van der Waals surface area contributed by atoms with E-state index in [9.17, 15) is 14.7 Å². The summed E-state index contributed by atoms with van der Waals surface area (Å²) >= 11 is 19.6. The number of urea groups is 1. The van der Waals surface area contributed by atoms with E-state index in [-0.39, 0.29) is 37.5 Å². The Balaban J connectivity index is 0.00000562. The number of carbonyl (C=O) groups is 2. The molecule has 1 fully saturated rings. The molecular formula is C36H43Cl4N5O5. The van der Waals surface area contributed by atoms with Crippen LogP contribution in [0.25, 0.3) is 0 Å². The van der Waals surface area contributed by atoms with Crippen LogP contribution in [0, 0.1) is 0 Å². The highest BCUT2D eigenvalue weighted by Gasteiger charge is 2.45. The van der Waals surface area contributed by atoms with Crippen molar-refractivity contribution in [1.29, 1.82) is 0 Å². The van der Waals surface area contributed by atoms with E-state index in [4.69, 9.17) is 49.4 Å². The molecule has 3 amide bonds. The molecule has 2 aliphatic heterocycles. The molecule has 0 saturated carbocycles. The second-order valence-corrected chi connectivity index (χ2v) is 14.0. The number of ether oxygens (including phenoxy) is 1. The van der Waals surface area contributed by atoms with Gasteiger partial charge in [0.2, 0.25) is 0 Å². The lowest BCUT2D eigenvalue weighted by atomic mass is 9.84. The molecule has 5 rings (SSSR count). The van der Waals surface area contributed by atoms with E-state index in [1.165, 1.54) is 12.2 Å². The molecule has 14 heteroatoms. The van der Waals surface area contributed by atoms with Gasteiger partial charge in [-0.25, -0.2) is 9.86 Å². The third-order valence-corrected chi connectivity index (χ3v) is 9.87. The maximum atomic E-state index is 14.9. The second-order valence-electron chi connectivity index (χ2n) is 12.7. The normalized spacial score (nSPS) is 18.1. The van der Waals surface area contributed by atoms with Crippen LogP contribution in [0.5, 0.6) is 5.75 Å². The largest absolute Gasteiger partial charge is 0.493 e. The molecule has 2 heterocycles. The Labute approximate surface area is 314 Å². The average Bonchev–Trinajstić information content (AvgIpc) is 3.49. The predicted octanol–water partition coefficient (Wildman–Crippen LogP) is 7.04. The highest BCUT2D eigenvalue weighted by atomic mass is 35.5. The molecule has 0 unspecified atom stereocenters. The summed E-state index contributed by atoms with van der Waals surface area (Å²) in [6.45, 7) is 7.90. The zero-order valence-corrected chi connectivity index (χ0v) is 31.8. The number of hydroxylamine groups is 2. The van der Waals surface area contributed by atoms with Gasteiger partial charge in [-0.1, -0.05) is 72.9 Å². The monoisotopic (exact) mass is 765 g/mol. The Morgan fingerprint density at radius 3 is 2.08 bits per heavy atom. The molecule has 2 atom stereocenters. The van der Waals surface area contributed by atoms with Gasteiger partial charge in [-0.3, -0.25) is 24.4 Å². The standard InChI is InChI=1S/C36H42Cl3N5O5.ClH/c1-6-49-30-20-28(36(2,3)22-45)29(39)19-27(30)34-40-32(23-7-11-25(37)12-8-23)33(24-9-13-26(38)14-10-24)44(34)35(47)43-17-15-42(16-18-43)21-31(46)41(4)48-5;/h7-14,19-20,32-33,45H,6,15-18,21-22H2,1-5H3;1H/t32-,33+;/m0./s1. The lowest BCUT2D eigenvalue weighted by Gasteiger charge is -2.39. The second kappa shape index (κ2) is 17.0. The van der Waals surface area contributed by atoms with Crippen molar-refractivity contribution >= 4 is 65.0 Å². The Morgan fingerprint density at radius 2 is 1.54 bits per heavy atom. The number of hydrogen-bond acceptors (Lipinski definition) is 7. The first-order valence-corrected chi connectivity index (χ1v) is 17.3. The fourth-order valence-corrected chi connectivity index (χ4v) is 6.78. The summed E-state index contributed by atoms with van der Waals surface area (Å²) in [5, 5.41) is 12.9. The zero-order chi connectivity index (χ0) is 35.5. The van der Waals surface area contributed by atoms with Crippen LogP contribution >= 0.6 is 47.2 Å². The summed E-state index contributed by atoms with van der Waals surface area (Å²) in [6, 6.07) is 17.2. The van der Waals surface area contributed by atoms with Crippen LogP contribution in [0.4, 0.5) is 4.79 Å². The molecule has 3 aromatic rings. The summed E-state index contributed by atoms with van der Waals surface area (Å²) in [5.74, 6) is 0.734. The zero-order valence-electron chi connectivity index (χ0n) is 28.7. The van der Waals surface area contributed by atoms with Crippen LogP contribution < -0.4 is 4.74 Å². The third-order valence-electron chi connectivity index (χ3n) is 9.06. The van der Waals surface area contributed by atoms with E-state index in [1.54, 1.807) is 35.0 Å². The van der Waals surface area contributed by atoms with Crippen molar-refractivity contribution in [2.75, 3.05) is 60.1 Å². The van der Waals surface area contributed by atoms with Crippen LogP contribution in [-0.4, -0.2) is 103 Å². The van der Waals surface area contributed by atoms with Crippen LogP contribution in [0.2, 0.25) is 15.1 Å². The molecule has 0 spiro atoms. The quantitative estimate of drug-likeness (QED) is 0.223. The number of amides is 3. The maximum absolute atomic E-state index is 14.9. The fraction of sp³-hybridized carbons (Fsp3) is 0.417. The first-order chi connectivity index (χ1) is 23.4. The Morgan fingerprint density at radius 1 is 0.960 bits per heavy atom. The molecule has 0 aliphatic carbocycles. The molecule has 1 saturated heterocycles. The Hall–Kier alpha value is -3.09. The van der Waals surface area contributed by atoms with E-state index in [2.05, 4.69) is 0 Å². The number of nitrogens with zero attached hydrogens (tertiary/aromatic N) is 5. The van der Waals surface area contributed by atoms with Crippen molar-refractivity contribution in [3.8, 4) is 5.75 Å². The predicted molar refractivity (Wildman–Crippen MR) is 200 cm³/mol. The van der Waals surface area contributed by atoms with Crippen LogP contribution in [0.3, 0.4) is 0 Å². The number of hydrogen-bond donors (Lipinski definition) is 1. The molecule has 10 nitrogen and oxygen atoms in total. The first-order valence-electron chi connectivity index (χ1n) is 16.2. The lowest BCUT2D eigenvalue weighted by Crippen LogP contribution is -2.55. The summed E-state index contributed by atoms with van der Waals surface area (Å²) < 4.78 is 6.19. The van der Waals surface area contributed by atoms with Gasteiger partial charge < -0.3 is 14.7 Å². The molecule has 0 radical (unpaired) electrons. The van der Waals surface area contributed by atoms with Gasteiger partial charge in [0.15, 0.2) is 0 Å². The molecule has 0 bridgehead atoms. The Kier molecular flexibility index (Phi) is 13.5. The minimum Gasteiger partial charge on any atom is -0.493 e. The van der Waals surface area contributed by atoms with Crippen LogP contribution in [0.1, 0.15) is 55.1 Å². The van der Waals surface area contributed by atoms with Gasteiger partial charge >= 0.3 is 6.03 Å². The number of aliphatic hydroxyl groups is 1. The van der Waals surface area contributed by atoms with Crippen LogP contribution in [0.15, 0.2) is 65.7 Å². The topological polar surface area (TPSA) is 98.2 Å². The van der Waals surface area contributed by atoms with Crippen molar-refractivity contribution in [1.82, 2.24) is 19.8 Å². The van der Waals surface area contributed by atoms with Crippen molar-refractivity contribution < 1.29 is 24.3 Å². The highest BCUT2D eigenvalue weighted by molar-refractivity contribution is 6.32. The number of rotatable bonds is 10. The van der Waals surface area contributed by atoms with Gasteiger partial charge in [-0.05, 0) is 60.0 Å². The number of aliphatic imine (C=N–C) groups is 1. The number of likely N-dealkylation sites (N-methyl/N-ethyl adjacent to an activating group) is 1. The molecular weight excluding hydrogens is 724 g/mol. The number of piperazine rings is 1. The van der Waals surface area contributed by atoms with E-state index in [0.717, 1.165) is 11.1 Å². The number of halogens is 4. The molecule has 50 heavy (non-hydrogen) atoms. The van der Waals surface area contributed by atoms with E-state index < -0.39 is 17.5 Å². The summed E-state index contributed by atoms with van der Waals surface area (Å²) in [4.78, 5) is 43.2. The summed E-state index contributed by atoms with van der Waals surface area (Å²) in [7, 11) is 3.02. The number of benzene rings is 3. The Bertz CT molecular complexity index is 1680. The SMILES string of the molecule is CCOc1cc(C(C)(C)CO)c(Cl)cc1C1=N[C@@H](c2ccc(Cl)cc2)[C@@H](c2ccc(Cl)cc2)N1C(=O)N1CCN(CC(=O)N(C)OC)CC1.Cl. The molecule has 0 aromatic heterocycles. The number of amidine groups is 1. The van der Waals surface area contributed by atoms with Gasteiger partial charge in [0.1, 0.15) is 17.6 Å². The van der Waals surface area contributed by atoms with Crippen molar-refractivity contribution in [3.63, 3.8) is 0 Å². The van der Waals surface area contributed by atoms with Crippen LogP contribution in [-0.2, 0) is 15.0 Å². The highest BCUT2D eigenvalue weighted by Crippen LogP contribution is 2.46. The van der Waals surface area contributed by atoms with Crippen molar-refractivity contribution in [2.24, 2.45) is 4.99 Å². The first kappa shape index (κ1) is 39.7. The average molecular weight is 768 g/mol. The molecule has 2 aliphatic rings. The van der Waals surface area contributed by atoms with E-state index in [0.29, 0.717) is 70.6 Å². The van der Waals surface area contributed by atoms with Gasteiger partial charge in [0.05, 0.1) is 38.5 Å². The minimum atomic E-state index is -0.648. The third kappa shape index (κ3) is 8.50. The van der Waals surface area contributed by atoms with Gasteiger partial charge in [0.25, 0.3) is 5.91 Å². The van der Waals surface area contributed by atoms with Crippen molar-refractivity contribution in [2.45, 2.75) is 38.3 Å². The van der Waals surface area contributed by atoms with Gasteiger partial charge in [-0.2, -0.15) is 0 Å². The minimum absolute atomic E-state index is 0. The lowest BCUT2D eigenvalue weighted by molar-refractivity contribution is -0.170. The molecule has 3 aromatic carbocycles. The smallest absolute Gasteiger partial charge is 0.326 e. The maximum Gasteiger partial charge on any atom is 0.326 e. The number of carbonyl (C=O) groups excluding carboxylic acids is 2. The van der Waals surface area contributed by atoms with Gasteiger partial charge in [-0.15, -0.1) is 12.4 Å². The summed E-state index contributed by atoms with van der Waals surface area (Å²) in [5.41, 5.74) is 2.33. The molecule has 1 N–H and O–H groups in total.